The van der Waals surface area contributed by atoms with Gasteiger partial charge in [0.1, 0.15) is 5.82 Å². The fourth-order valence-electron chi connectivity index (χ4n) is 5.01. The van der Waals surface area contributed by atoms with Crippen molar-refractivity contribution < 1.29 is 17.6 Å². The highest BCUT2D eigenvalue weighted by Crippen LogP contribution is 2.34. The van der Waals surface area contributed by atoms with Crippen molar-refractivity contribution in [1.29, 1.82) is 0 Å². The van der Waals surface area contributed by atoms with Crippen LogP contribution in [0.1, 0.15) is 67.2 Å². The molecule has 1 aliphatic carbocycles. The number of fused-ring (bicyclic) bond motifs is 1. The first-order chi connectivity index (χ1) is 16.8. The van der Waals surface area contributed by atoms with Crippen LogP contribution < -0.4 is 0 Å². The molecule has 0 radical (unpaired) electrons. The van der Waals surface area contributed by atoms with Gasteiger partial charge in [0.2, 0.25) is 0 Å². The zero-order chi connectivity index (χ0) is 24.8. The van der Waals surface area contributed by atoms with Gasteiger partial charge in [-0.1, -0.05) is 67.9 Å². The number of allylic oxidation sites excluding steroid dienone is 1. The maximum atomic E-state index is 15.1. The molecule has 4 heteroatoms. The normalized spacial score (nSPS) is 18.2. The zero-order valence-electron chi connectivity index (χ0n) is 19.8. The number of benzene rings is 3. The van der Waals surface area contributed by atoms with Gasteiger partial charge >= 0.3 is 6.18 Å². The minimum atomic E-state index is -4.39. The number of hydrogen-bond acceptors (Lipinski definition) is 0. The molecule has 0 spiro atoms. The molecule has 4 rings (SSSR count). The van der Waals surface area contributed by atoms with Gasteiger partial charge in [-0.05, 0) is 78.8 Å². The van der Waals surface area contributed by atoms with Gasteiger partial charge in [0.05, 0.1) is 11.1 Å². The molecule has 0 atom stereocenters. The van der Waals surface area contributed by atoms with E-state index in [1.54, 1.807) is 6.07 Å². The van der Waals surface area contributed by atoms with Crippen LogP contribution in [0.4, 0.5) is 17.6 Å². The fraction of sp³-hybridized carbons (Fsp3) is 0.355. The zero-order valence-corrected chi connectivity index (χ0v) is 19.8. The van der Waals surface area contributed by atoms with E-state index >= 15 is 4.39 Å². The Balaban J connectivity index is 1.39. The van der Waals surface area contributed by atoms with Crippen molar-refractivity contribution >= 4 is 10.8 Å². The lowest BCUT2D eigenvalue weighted by Crippen LogP contribution is -2.15. The van der Waals surface area contributed by atoms with E-state index in [2.05, 4.69) is 24.5 Å². The molecule has 1 aliphatic rings. The van der Waals surface area contributed by atoms with Gasteiger partial charge in [-0.2, -0.15) is 13.2 Å². The minimum Gasteiger partial charge on any atom is -0.205 e. The highest BCUT2D eigenvalue weighted by molar-refractivity contribution is 5.85. The molecule has 0 aliphatic heterocycles. The average molecular weight is 479 g/mol. The fourth-order valence-corrected chi connectivity index (χ4v) is 5.01. The Morgan fingerprint density at radius 1 is 0.857 bits per heavy atom. The average Bonchev–Trinajstić information content (AvgIpc) is 2.86. The van der Waals surface area contributed by atoms with Crippen molar-refractivity contribution in [2.24, 2.45) is 11.8 Å². The predicted octanol–water partition coefficient (Wildman–Crippen LogP) is 9.10. The van der Waals surface area contributed by atoms with Gasteiger partial charge in [0.25, 0.3) is 0 Å². The lowest BCUT2D eigenvalue weighted by Gasteiger charge is -2.28. The quantitative estimate of drug-likeness (QED) is 0.188. The summed E-state index contributed by atoms with van der Waals surface area (Å²) in [5.74, 6) is 6.76. The number of alkyl halides is 3. The molecule has 0 unspecified atom stereocenters. The Morgan fingerprint density at radius 3 is 2.20 bits per heavy atom. The van der Waals surface area contributed by atoms with Crippen molar-refractivity contribution in [3.8, 4) is 11.8 Å². The molecule has 3 aromatic carbocycles. The molecule has 3 aromatic rings. The van der Waals surface area contributed by atoms with Crippen molar-refractivity contribution in [2.75, 3.05) is 0 Å². The first kappa shape index (κ1) is 25.0. The number of hydrogen-bond donors (Lipinski definition) is 0. The van der Waals surface area contributed by atoms with Crippen LogP contribution in [-0.4, -0.2) is 0 Å². The van der Waals surface area contributed by atoms with Crippen molar-refractivity contribution in [2.45, 2.75) is 57.5 Å². The van der Waals surface area contributed by atoms with E-state index in [0.29, 0.717) is 10.9 Å². The van der Waals surface area contributed by atoms with Crippen LogP contribution in [0.5, 0.6) is 0 Å². The molecular formula is C31H30F4. The second-order valence-electron chi connectivity index (χ2n) is 9.60. The first-order valence-corrected chi connectivity index (χ1v) is 12.3. The standard InChI is InChI=1S/C31H30F4/c1-2-3-4-22-5-7-23(8-6-22)9-10-25-14-20-29-27(21-25)17-16-26(30(29)32)15-11-24-12-18-28(19-13-24)31(33,34)35/h2,12-14,16-23H,1,3-10H2. The lowest BCUT2D eigenvalue weighted by atomic mass is 9.78. The van der Waals surface area contributed by atoms with E-state index in [1.165, 1.54) is 56.2 Å². The summed E-state index contributed by atoms with van der Waals surface area (Å²) in [6, 6.07) is 13.9. The highest BCUT2D eigenvalue weighted by Gasteiger charge is 2.29. The second kappa shape index (κ2) is 11.1. The summed E-state index contributed by atoms with van der Waals surface area (Å²) in [5, 5.41) is 1.35. The molecule has 182 valence electrons. The molecule has 0 nitrogen and oxygen atoms in total. The largest absolute Gasteiger partial charge is 0.416 e. The Labute approximate surface area is 205 Å². The van der Waals surface area contributed by atoms with E-state index in [4.69, 9.17) is 0 Å². The topological polar surface area (TPSA) is 0 Å². The summed E-state index contributed by atoms with van der Waals surface area (Å²) < 4.78 is 53.2. The number of rotatable bonds is 6. The first-order valence-electron chi connectivity index (χ1n) is 12.3. The summed E-state index contributed by atoms with van der Waals surface area (Å²) in [4.78, 5) is 0. The van der Waals surface area contributed by atoms with Crippen molar-refractivity contribution in [3.63, 3.8) is 0 Å². The number of aryl methyl sites for hydroxylation is 1. The molecule has 0 aromatic heterocycles. The molecule has 0 N–H and O–H groups in total. The van der Waals surface area contributed by atoms with Crippen LogP contribution in [0.25, 0.3) is 10.8 Å². The Morgan fingerprint density at radius 2 is 1.54 bits per heavy atom. The van der Waals surface area contributed by atoms with E-state index in [-0.39, 0.29) is 5.56 Å². The summed E-state index contributed by atoms with van der Waals surface area (Å²) in [6.45, 7) is 3.82. The number of halogens is 4. The third kappa shape index (κ3) is 6.54. The van der Waals surface area contributed by atoms with Crippen molar-refractivity contribution in [1.82, 2.24) is 0 Å². The monoisotopic (exact) mass is 478 g/mol. The molecule has 0 saturated heterocycles. The molecule has 0 heterocycles. The van der Waals surface area contributed by atoms with Crippen LogP contribution >= 0.6 is 0 Å². The Bertz CT molecular complexity index is 1220. The predicted molar refractivity (Wildman–Crippen MR) is 135 cm³/mol. The van der Waals surface area contributed by atoms with Crippen molar-refractivity contribution in [3.05, 3.63) is 95.3 Å². The van der Waals surface area contributed by atoms with Gasteiger partial charge in [0.15, 0.2) is 0 Å². The van der Waals surface area contributed by atoms with E-state index < -0.39 is 17.6 Å². The molecule has 0 bridgehead atoms. The van der Waals surface area contributed by atoms with Gasteiger partial charge in [-0.15, -0.1) is 6.58 Å². The highest BCUT2D eigenvalue weighted by atomic mass is 19.4. The molecular weight excluding hydrogens is 448 g/mol. The second-order valence-corrected chi connectivity index (χ2v) is 9.60. The van der Waals surface area contributed by atoms with E-state index in [1.807, 2.05) is 24.3 Å². The Kier molecular flexibility index (Phi) is 7.96. The van der Waals surface area contributed by atoms with Crippen LogP contribution in [0.2, 0.25) is 0 Å². The summed E-state index contributed by atoms with van der Waals surface area (Å²) in [5.41, 5.74) is 1.13. The van der Waals surface area contributed by atoms with Crippen LogP contribution in [-0.2, 0) is 12.6 Å². The molecule has 35 heavy (non-hydrogen) atoms. The van der Waals surface area contributed by atoms with Crippen LogP contribution in [0, 0.1) is 29.5 Å². The van der Waals surface area contributed by atoms with Gasteiger partial charge < -0.3 is 0 Å². The van der Waals surface area contributed by atoms with E-state index in [0.717, 1.165) is 42.2 Å². The maximum absolute atomic E-state index is 15.1. The molecule has 0 amide bonds. The van der Waals surface area contributed by atoms with E-state index in [9.17, 15) is 13.2 Å². The maximum Gasteiger partial charge on any atom is 0.416 e. The van der Waals surface area contributed by atoms with Gasteiger partial charge in [-0.25, -0.2) is 4.39 Å². The van der Waals surface area contributed by atoms with Gasteiger partial charge in [0, 0.05) is 10.9 Å². The molecule has 1 saturated carbocycles. The molecule has 1 fully saturated rings. The third-order valence-electron chi connectivity index (χ3n) is 7.16. The third-order valence-corrected chi connectivity index (χ3v) is 7.16. The SMILES string of the molecule is C=CCCC1CCC(CCc2ccc3c(F)c(C#Cc4ccc(C(F)(F)F)cc4)ccc3c2)CC1. The van der Waals surface area contributed by atoms with Crippen LogP contribution in [0.15, 0.2) is 67.3 Å². The smallest absolute Gasteiger partial charge is 0.205 e. The summed E-state index contributed by atoms with van der Waals surface area (Å²) in [6.07, 6.45) is 7.40. The summed E-state index contributed by atoms with van der Waals surface area (Å²) in [7, 11) is 0. The minimum absolute atomic E-state index is 0.235. The summed E-state index contributed by atoms with van der Waals surface area (Å²) >= 11 is 0. The van der Waals surface area contributed by atoms with Crippen LogP contribution in [0.3, 0.4) is 0 Å². The Hall–Kier alpha value is -3.06. The van der Waals surface area contributed by atoms with Gasteiger partial charge in [-0.3, -0.25) is 0 Å². The lowest BCUT2D eigenvalue weighted by molar-refractivity contribution is -0.137.